The molecule has 1 rings (SSSR count). The minimum absolute atomic E-state index is 0.389. The number of halogens is 2. The maximum atomic E-state index is 12.3. The highest BCUT2D eigenvalue weighted by atomic mass is 32.2. The van der Waals surface area contributed by atoms with E-state index in [1.54, 1.807) is 6.08 Å². The second-order valence-electron chi connectivity index (χ2n) is 3.95. The predicted molar refractivity (Wildman–Crippen MR) is 73.8 cm³/mol. The van der Waals surface area contributed by atoms with Crippen molar-refractivity contribution in [2.45, 2.75) is 17.1 Å². The van der Waals surface area contributed by atoms with E-state index in [0.717, 1.165) is 18.6 Å². The molecule has 0 heterocycles. The van der Waals surface area contributed by atoms with Crippen LogP contribution in [-0.4, -0.2) is 33.9 Å². The molecule has 0 aliphatic rings. The van der Waals surface area contributed by atoms with Crippen LogP contribution in [-0.2, 0) is 14.6 Å². The summed E-state index contributed by atoms with van der Waals surface area (Å²) in [6, 6.07) is 5.20. The molecule has 0 saturated carbocycles. The summed E-state index contributed by atoms with van der Waals surface area (Å²) in [5, 5.41) is 3.00. The summed E-state index contributed by atoms with van der Waals surface area (Å²) in [7, 11) is -4.52. The maximum absolute atomic E-state index is 12.3. The number of hydrogen-bond donors (Lipinski definition) is 1. The lowest BCUT2D eigenvalue weighted by Gasteiger charge is -2.08. The number of alkyl halides is 2. The van der Waals surface area contributed by atoms with Gasteiger partial charge in [0.25, 0.3) is 0 Å². The average molecular weight is 305 g/mol. The molecular formula is C13H17F2NO3S. The number of rotatable bonds is 9. The molecule has 0 unspecified atom stereocenters. The molecule has 0 aromatic heterocycles. The summed E-state index contributed by atoms with van der Waals surface area (Å²) in [4.78, 5) is -0.389. The molecule has 1 aromatic rings. The van der Waals surface area contributed by atoms with Gasteiger partial charge in [-0.2, -0.15) is 8.78 Å². The molecule has 0 atom stereocenters. The molecule has 0 saturated heterocycles. The van der Waals surface area contributed by atoms with Gasteiger partial charge < -0.3 is 10.1 Å². The van der Waals surface area contributed by atoms with Crippen LogP contribution in [0.15, 0.2) is 41.8 Å². The fourth-order valence-corrected chi connectivity index (χ4v) is 2.12. The third kappa shape index (κ3) is 4.90. The van der Waals surface area contributed by atoms with Crippen LogP contribution in [0.3, 0.4) is 0 Å². The fraction of sp³-hybridized carbons (Fsp3) is 0.385. The van der Waals surface area contributed by atoms with Crippen LogP contribution in [0.5, 0.6) is 0 Å². The number of nitrogens with one attached hydrogen (secondary N) is 1. The average Bonchev–Trinajstić information content (AvgIpc) is 2.43. The van der Waals surface area contributed by atoms with E-state index in [1.807, 2.05) is 0 Å². The highest BCUT2D eigenvalue weighted by molar-refractivity contribution is 7.91. The standard InChI is InChI=1S/C13H17F2NO3S/c1-2-3-9-19-10-8-16-11-4-6-12(7-5-11)20(17,18)13(14)15/h2,4-7,13,16H,1,3,8-10H2. The van der Waals surface area contributed by atoms with Crippen LogP contribution in [0.2, 0.25) is 0 Å². The van der Waals surface area contributed by atoms with Gasteiger partial charge in [-0.3, -0.25) is 0 Å². The van der Waals surface area contributed by atoms with Crippen molar-refractivity contribution in [1.82, 2.24) is 0 Å². The highest BCUT2D eigenvalue weighted by Crippen LogP contribution is 2.20. The van der Waals surface area contributed by atoms with E-state index in [-0.39, 0.29) is 4.90 Å². The fourth-order valence-electron chi connectivity index (χ4n) is 1.40. The lowest BCUT2D eigenvalue weighted by Crippen LogP contribution is -2.12. The molecule has 0 spiro atoms. The Morgan fingerprint density at radius 2 is 1.90 bits per heavy atom. The Hall–Kier alpha value is -1.47. The summed E-state index contributed by atoms with van der Waals surface area (Å²) in [6.45, 7) is 5.19. The number of benzene rings is 1. The minimum atomic E-state index is -4.52. The normalized spacial score (nSPS) is 11.6. The molecule has 0 fully saturated rings. The van der Waals surface area contributed by atoms with E-state index in [1.165, 1.54) is 12.1 Å². The summed E-state index contributed by atoms with van der Waals surface area (Å²) in [6.07, 6.45) is 2.54. The number of hydrogen-bond acceptors (Lipinski definition) is 4. The molecule has 0 aliphatic carbocycles. The third-order valence-electron chi connectivity index (χ3n) is 2.46. The molecule has 0 bridgehead atoms. The molecule has 112 valence electrons. The van der Waals surface area contributed by atoms with Gasteiger partial charge in [0.2, 0.25) is 9.84 Å². The topological polar surface area (TPSA) is 55.4 Å². The SMILES string of the molecule is C=CCCOCCNc1ccc(S(=O)(=O)C(F)F)cc1. The molecular weight excluding hydrogens is 288 g/mol. The van der Waals surface area contributed by atoms with Crippen molar-refractivity contribution < 1.29 is 21.9 Å². The van der Waals surface area contributed by atoms with Crippen LogP contribution in [0.1, 0.15) is 6.42 Å². The molecule has 7 heteroatoms. The van der Waals surface area contributed by atoms with Crippen LogP contribution in [0.25, 0.3) is 0 Å². The summed E-state index contributed by atoms with van der Waals surface area (Å²) in [5.74, 6) is -3.40. The van der Waals surface area contributed by atoms with Crippen LogP contribution in [0, 0.1) is 0 Å². The molecule has 1 aromatic carbocycles. The van der Waals surface area contributed by atoms with Gasteiger partial charge in [0, 0.05) is 12.2 Å². The zero-order valence-corrected chi connectivity index (χ0v) is 11.7. The first-order chi connectivity index (χ1) is 9.48. The Kier molecular flexibility index (Phi) is 6.60. The zero-order chi connectivity index (χ0) is 15.0. The van der Waals surface area contributed by atoms with Crippen molar-refractivity contribution in [2.24, 2.45) is 0 Å². The first-order valence-corrected chi connectivity index (χ1v) is 7.57. The van der Waals surface area contributed by atoms with E-state index in [4.69, 9.17) is 4.74 Å². The second-order valence-corrected chi connectivity index (χ2v) is 5.86. The lowest BCUT2D eigenvalue weighted by atomic mass is 10.3. The smallest absolute Gasteiger partial charge is 0.341 e. The Bertz CT molecular complexity index is 515. The number of sulfone groups is 1. The molecule has 20 heavy (non-hydrogen) atoms. The summed E-state index contributed by atoms with van der Waals surface area (Å²) < 4.78 is 52.3. The van der Waals surface area contributed by atoms with Gasteiger partial charge in [0.05, 0.1) is 18.1 Å². The summed E-state index contributed by atoms with van der Waals surface area (Å²) in [5.41, 5.74) is 0.644. The van der Waals surface area contributed by atoms with Crippen molar-refractivity contribution in [1.29, 1.82) is 0 Å². The van der Waals surface area contributed by atoms with Gasteiger partial charge in [0.15, 0.2) is 0 Å². The van der Waals surface area contributed by atoms with Crippen LogP contribution < -0.4 is 5.32 Å². The van der Waals surface area contributed by atoms with Crippen molar-refractivity contribution in [3.63, 3.8) is 0 Å². The predicted octanol–water partition coefficient (Wildman–Crippen LogP) is 2.69. The quantitative estimate of drug-likeness (QED) is 0.563. The molecule has 0 amide bonds. The van der Waals surface area contributed by atoms with Gasteiger partial charge in [0.1, 0.15) is 0 Å². The van der Waals surface area contributed by atoms with Crippen LogP contribution in [0.4, 0.5) is 14.5 Å². The molecule has 4 nitrogen and oxygen atoms in total. The van der Waals surface area contributed by atoms with E-state index in [0.29, 0.717) is 25.4 Å². The Labute approximate surface area is 117 Å². The minimum Gasteiger partial charge on any atom is -0.383 e. The molecule has 1 N–H and O–H groups in total. The Morgan fingerprint density at radius 1 is 1.25 bits per heavy atom. The van der Waals surface area contributed by atoms with Crippen LogP contribution >= 0.6 is 0 Å². The van der Waals surface area contributed by atoms with E-state index in [2.05, 4.69) is 11.9 Å². The maximum Gasteiger partial charge on any atom is 0.341 e. The van der Waals surface area contributed by atoms with Gasteiger partial charge in [-0.15, -0.1) is 6.58 Å². The van der Waals surface area contributed by atoms with Crippen molar-refractivity contribution in [3.05, 3.63) is 36.9 Å². The van der Waals surface area contributed by atoms with Crippen molar-refractivity contribution in [3.8, 4) is 0 Å². The highest BCUT2D eigenvalue weighted by Gasteiger charge is 2.26. The number of ether oxygens (including phenoxy) is 1. The van der Waals surface area contributed by atoms with E-state index >= 15 is 0 Å². The molecule has 0 aliphatic heterocycles. The third-order valence-corrected chi connectivity index (χ3v) is 3.86. The van der Waals surface area contributed by atoms with E-state index in [9.17, 15) is 17.2 Å². The Morgan fingerprint density at radius 3 is 2.45 bits per heavy atom. The Balaban J connectivity index is 2.45. The van der Waals surface area contributed by atoms with E-state index < -0.39 is 15.6 Å². The van der Waals surface area contributed by atoms with Crippen molar-refractivity contribution in [2.75, 3.05) is 25.1 Å². The first kappa shape index (κ1) is 16.6. The monoisotopic (exact) mass is 305 g/mol. The second kappa shape index (κ2) is 7.96. The lowest BCUT2D eigenvalue weighted by molar-refractivity contribution is 0.149. The largest absolute Gasteiger partial charge is 0.383 e. The van der Waals surface area contributed by atoms with Gasteiger partial charge in [-0.25, -0.2) is 8.42 Å². The summed E-state index contributed by atoms with van der Waals surface area (Å²) >= 11 is 0. The van der Waals surface area contributed by atoms with Gasteiger partial charge in [-0.1, -0.05) is 6.08 Å². The van der Waals surface area contributed by atoms with Crippen molar-refractivity contribution >= 4 is 15.5 Å². The van der Waals surface area contributed by atoms with Gasteiger partial charge >= 0.3 is 5.76 Å². The first-order valence-electron chi connectivity index (χ1n) is 6.03. The zero-order valence-electron chi connectivity index (χ0n) is 10.9. The van der Waals surface area contributed by atoms with Gasteiger partial charge in [-0.05, 0) is 30.7 Å². The number of anilines is 1. The molecule has 0 radical (unpaired) electrons.